The summed E-state index contributed by atoms with van der Waals surface area (Å²) in [5.74, 6) is -0.732. The average molecular weight is 346 g/mol. The lowest BCUT2D eigenvalue weighted by Crippen LogP contribution is -2.15. The summed E-state index contributed by atoms with van der Waals surface area (Å²) in [6, 6.07) is 9.28. The molecule has 0 radical (unpaired) electrons. The summed E-state index contributed by atoms with van der Waals surface area (Å²) in [6.07, 6.45) is 4.17. The van der Waals surface area contributed by atoms with Crippen LogP contribution in [0.5, 0.6) is 0 Å². The van der Waals surface area contributed by atoms with Gasteiger partial charge in [-0.2, -0.15) is 12.8 Å². The number of nitrogens with one attached hydrogen (secondary N) is 1. The highest BCUT2D eigenvalue weighted by atomic mass is 32.2. The van der Waals surface area contributed by atoms with Crippen molar-refractivity contribution in [3.05, 3.63) is 66.5 Å². The molecule has 8 heteroatoms. The number of rotatable bonds is 5. The highest BCUT2D eigenvalue weighted by molar-refractivity contribution is 7.90. The Labute approximate surface area is 139 Å². The van der Waals surface area contributed by atoms with Gasteiger partial charge in [0.05, 0.1) is 11.3 Å². The molecule has 0 saturated carbocycles. The van der Waals surface area contributed by atoms with Crippen LogP contribution in [-0.2, 0) is 16.6 Å². The summed E-state index contributed by atoms with van der Waals surface area (Å²) in [5, 5.41) is 2.84. The van der Waals surface area contributed by atoms with Crippen molar-refractivity contribution in [3.8, 4) is 11.3 Å². The van der Waals surface area contributed by atoms with E-state index in [-0.39, 0.29) is 16.3 Å². The maximum absolute atomic E-state index is 14.1. The number of nitrogens with zero attached hydrogens (tertiary/aromatic N) is 3. The molecule has 0 amide bonds. The van der Waals surface area contributed by atoms with E-state index in [0.29, 0.717) is 12.1 Å². The van der Waals surface area contributed by atoms with Gasteiger partial charge in [0, 0.05) is 25.1 Å². The molecule has 3 rings (SSSR count). The fraction of sp³-hybridized carbons (Fsp3) is 0.125. The van der Waals surface area contributed by atoms with Gasteiger partial charge in [-0.25, -0.2) is 13.9 Å². The minimum atomic E-state index is -3.95. The van der Waals surface area contributed by atoms with E-state index < -0.39 is 16.0 Å². The second-order valence-corrected chi connectivity index (χ2v) is 6.84. The minimum Gasteiger partial charge on any atom is -0.316 e. The summed E-state index contributed by atoms with van der Waals surface area (Å²) in [6.45, 7) is 0.444. The normalized spacial score (nSPS) is 11.6. The Kier molecular flexibility index (Phi) is 4.41. The molecular weight excluding hydrogens is 331 g/mol. The van der Waals surface area contributed by atoms with Crippen molar-refractivity contribution >= 4 is 10.0 Å². The molecule has 124 valence electrons. The third-order valence-corrected chi connectivity index (χ3v) is 5.01. The zero-order valence-corrected chi connectivity index (χ0v) is 13.7. The topological polar surface area (TPSA) is 76.9 Å². The van der Waals surface area contributed by atoms with E-state index in [9.17, 15) is 12.8 Å². The molecule has 0 aliphatic carbocycles. The van der Waals surface area contributed by atoms with Gasteiger partial charge >= 0.3 is 0 Å². The van der Waals surface area contributed by atoms with Crippen LogP contribution < -0.4 is 5.32 Å². The van der Waals surface area contributed by atoms with E-state index in [1.54, 1.807) is 31.3 Å². The molecule has 0 aliphatic rings. The first-order chi connectivity index (χ1) is 11.5. The van der Waals surface area contributed by atoms with Gasteiger partial charge in [0.25, 0.3) is 10.0 Å². The van der Waals surface area contributed by atoms with Crippen molar-refractivity contribution in [1.29, 1.82) is 0 Å². The number of hydrogen-bond donors (Lipinski definition) is 1. The molecule has 0 aromatic carbocycles. The van der Waals surface area contributed by atoms with Crippen LogP contribution in [0.1, 0.15) is 5.56 Å². The summed E-state index contributed by atoms with van der Waals surface area (Å²) >= 11 is 0. The first kappa shape index (κ1) is 16.3. The Morgan fingerprint density at radius 1 is 1.17 bits per heavy atom. The van der Waals surface area contributed by atoms with Crippen LogP contribution in [-0.4, -0.2) is 29.4 Å². The van der Waals surface area contributed by atoms with E-state index >= 15 is 0 Å². The lowest BCUT2D eigenvalue weighted by molar-refractivity contribution is 0.580. The molecular formula is C16H15FN4O2S. The first-order valence-corrected chi connectivity index (χ1v) is 8.61. The number of hydrogen-bond acceptors (Lipinski definition) is 5. The van der Waals surface area contributed by atoms with Gasteiger partial charge in [-0.3, -0.25) is 0 Å². The smallest absolute Gasteiger partial charge is 0.285 e. The Balaban J connectivity index is 2.23. The second-order valence-electron chi connectivity index (χ2n) is 5.07. The van der Waals surface area contributed by atoms with Crippen molar-refractivity contribution in [2.75, 3.05) is 7.05 Å². The Morgan fingerprint density at radius 2 is 1.96 bits per heavy atom. The quantitative estimate of drug-likeness (QED) is 0.716. The number of aromatic nitrogens is 3. The maximum atomic E-state index is 14.1. The average Bonchev–Trinajstić information content (AvgIpc) is 3.01. The predicted molar refractivity (Wildman–Crippen MR) is 87.2 cm³/mol. The Morgan fingerprint density at radius 3 is 2.62 bits per heavy atom. The van der Waals surface area contributed by atoms with Crippen LogP contribution in [0.25, 0.3) is 11.3 Å². The number of pyridine rings is 2. The zero-order chi connectivity index (χ0) is 17.2. The predicted octanol–water partition coefficient (Wildman–Crippen LogP) is 2.04. The van der Waals surface area contributed by atoms with Crippen molar-refractivity contribution in [2.24, 2.45) is 0 Å². The summed E-state index contributed by atoms with van der Waals surface area (Å²) in [7, 11) is -2.20. The molecule has 0 saturated heterocycles. The minimum absolute atomic E-state index is 0.109. The highest BCUT2D eigenvalue weighted by Gasteiger charge is 2.24. The molecule has 0 bridgehead atoms. The molecule has 6 nitrogen and oxygen atoms in total. The molecule has 0 spiro atoms. The fourth-order valence-corrected chi connectivity index (χ4v) is 3.70. The highest BCUT2D eigenvalue weighted by Crippen LogP contribution is 2.27. The fourth-order valence-electron chi connectivity index (χ4n) is 2.37. The Bertz CT molecular complexity index is 955. The van der Waals surface area contributed by atoms with Crippen molar-refractivity contribution < 1.29 is 12.8 Å². The zero-order valence-electron chi connectivity index (χ0n) is 12.8. The number of halogens is 1. The van der Waals surface area contributed by atoms with Gasteiger partial charge in [0.2, 0.25) is 5.95 Å². The summed E-state index contributed by atoms with van der Waals surface area (Å²) < 4.78 is 40.9. The van der Waals surface area contributed by atoms with E-state index in [1.165, 1.54) is 30.7 Å². The summed E-state index contributed by atoms with van der Waals surface area (Å²) in [5.41, 5.74) is 1.02. The van der Waals surface area contributed by atoms with E-state index in [1.807, 2.05) is 0 Å². The molecule has 1 N–H and O–H groups in total. The van der Waals surface area contributed by atoms with E-state index in [0.717, 1.165) is 3.97 Å². The van der Waals surface area contributed by atoms with E-state index in [2.05, 4.69) is 15.3 Å². The van der Waals surface area contributed by atoms with Crippen LogP contribution >= 0.6 is 0 Å². The van der Waals surface area contributed by atoms with Gasteiger partial charge in [0.1, 0.15) is 0 Å². The summed E-state index contributed by atoms with van der Waals surface area (Å²) in [4.78, 5) is 7.51. The van der Waals surface area contributed by atoms with Gasteiger partial charge in [-0.15, -0.1) is 0 Å². The van der Waals surface area contributed by atoms with Crippen molar-refractivity contribution in [1.82, 2.24) is 19.3 Å². The maximum Gasteiger partial charge on any atom is 0.285 e. The van der Waals surface area contributed by atoms with Gasteiger partial charge in [0.15, 0.2) is 5.03 Å². The first-order valence-electron chi connectivity index (χ1n) is 7.17. The van der Waals surface area contributed by atoms with Crippen molar-refractivity contribution in [2.45, 2.75) is 11.6 Å². The molecule has 0 aliphatic heterocycles. The van der Waals surface area contributed by atoms with Crippen LogP contribution in [0.3, 0.4) is 0 Å². The second kappa shape index (κ2) is 6.50. The van der Waals surface area contributed by atoms with Crippen LogP contribution in [0.2, 0.25) is 0 Å². The van der Waals surface area contributed by atoms with Crippen LogP contribution in [0.15, 0.2) is 60.0 Å². The monoisotopic (exact) mass is 346 g/mol. The standard InChI is InChI=1S/C16H15FN4O2S/c1-18-10-12-9-14(13-5-4-8-20-16(13)17)21(11-12)24(22,23)15-6-2-3-7-19-15/h2-9,11,18H,10H2,1H3. The van der Waals surface area contributed by atoms with E-state index in [4.69, 9.17) is 0 Å². The molecule has 0 unspecified atom stereocenters. The largest absolute Gasteiger partial charge is 0.316 e. The molecule has 3 aromatic heterocycles. The van der Waals surface area contributed by atoms with Gasteiger partial charge in [-0.1, -0.05) is 6.07 Å². The van der Waals surface area contributed by atoms with Crippen LogP contribution in [0, 0.1) is 5.95 Å². The Hall–Kier alpha value is -2.58. The van der Waals surface area contributed by atoms with Gasteiger partial charge < -0.3 is 5.32 Å². The SMILES string of the molecule is CNCc1cc(-c2cccnc2F)n(S(=O)(=O)c2ccccn2)c1. The van der Waals surface area contributed by atoms with Crippen molar-refractivity contribution in [3.63, 3.8) is 0 Å². The molecule has 24 heavy (non-hydrogen) atoms. The lowest BCUT2D eigenvalue weighted by Gasteiger charge is -2.10. The van der Waals surface area contributed by atoms with Gasteiger partial charge in [-0.05, 0) is 42.9 Å². The molecule has 0 atom stereocenters. The van der Waals surface area contributed by atoms with Crippen LogP contribution in [0.4, 0.5) is 4.39 Å². The molecule has 3 aromatic rings. The third kappa shape index (κ3) is 2.93. The molecule has 3 heterocycles. The lowest BCUT2D eigenvalue weighted by atomic mass is 10.2. The molecule has 0 fully saturated rings. The third-order valence-electron chi connectivity index (χ3n) is 3.42.